The largest absolute Gasteiger partial charge is 0.435 e. The van der Waals surface area contributed by atoms with Gasteiger partial charge < -0.3 is 19.7 Å². The summed E-state index contributed by atoms with van der Waals surface area (Å²) < 4.78 is 36.3. The molecular formula is C23H25F2N5O3S. The molecule has 34 heavy (non-hydrogen) atoms. The number of hydrogen-bond donors (Lipinski definition) is 1. The van der Waals surface area contributed by atoms with Crippen molar-refractivity contribution < 1.29 is 23.0 Å². The molecule has 0 spiro atoms. The number of ether oxygens (including phenoxy) is 2. The van der Waals surface area contributed by atoms with E-state index in [1.165, 1.54) is 23.9 Å². The van der Waals surface area contributed by atoms with Crippen molar-refractivity contribution in [3.05, 3.63) is 59.7 Å². The van der Waals surface area contributed by atoms with Crippen LogP contribution in [0, 0.1) is 6.92 Å². The average Bonchev–Trinajstić information content (AvgIpc) is 3.27. The Kier molecular flexibility index (Phi) is 7.96. The predicted molar refractivity (Wildman–Crippen MR) is 125 cm³/mol. The second-order valence-corrected chi connectivity index (χ2v) is 8.58. The molecule has 3 aromatic rings. The number of alkyl halides is 2. The number of nitrogens with zero attached hydrogens (tertiary/aromatic N) is 4. The molecule has 2 heterocycles. The summed E-state index contributed by atoms with van der Waals surface area (Å²) in [6.07, 6.45) is 0. The Hall–Kier alpha value is -3.18. The van der Waals surface area contributed by atoms with Gasteiger partial charge in [-0.1, -0.05) is 41.6 Å². The van der Waals surface area contributed by atoms with Gasteiger partial charge in [-0.15, -0.1) is 10.2 Å². The Labute approximate surface area is 200 Å². The molecule has 0 radical (unpaired) electrons. The number of halogens is 2. The highest BCUT2D eigenvalue weighted by Gasteiger charge is 2.22. The first-order chi connectivity index (χ1) is 16.5. The van der Waals surface area contributed by atoms with Crippen LogP contribution in [0.1, 0.15) is 11.1 Å². The van der Waals surface area contributed by atoms with E-state index < -0.39 is 6.61 Å². The van der Waals surface area contributed by atoms with E-state index in [4.69, 9.17) is 4.74 Å². The minimum atomic E-state index is -2.87. The maximum Gasteiger partial charge on any atom is 0.387 e. The van der Waals surface area contributed by atoms with E-state index in [1.54, 1.807) is 12.1 Å². The van der Waals surface area contributed by atoms with Gasteiger partial charge in [0.25, 0.3) is 0 Å². The second-order valence-electron chi connectivity index (χ2n) is 7.64. The molecule has 11 heteroatoms. The third-order valence-corrected chi connectivity index (χ3v) is 6.10. The van der Waals surface area contributed by atoms with Crippen molar-refractivity contribution in [2.45, 2.75) is 25.2 Å². The molecule has 0 saturated carbocycles. The summed E-state index contributed by atoms with van der Waals surface area (Å²) in [5.41, 5.74) is 2.84. The van der Waals surface area contributed by atoms with Gasteiger partial charge in [0.05, 0.1) is 24.7 Å². The minimum Gasteiger partial charge on any atom is -0.435 e. The Balaban J connectivity index is 1.40. The normalized spacial score (nSPS) is 13.8. The molecule has 1 aromatic heterocycles. The number of amides is 1. The van der Waals surface area contributed by atoms with E-state index in [-0.39, 0.29) is 24.0 Å². The van der Waals surface area contributed by atoms with Crippen molar-refractivity contribution in [1.29, 1.82) is 0 Å². The van der Waals surface area contributed by atoms with Gasteiger partial charge in [-0.2, -0.15) is 8.78 Å². The Morgan fingerprint density at radius 1 is 1.12 bits per heavy atom. The molecule has 1 aliphatic heterocycles. The molecule has 0 aliphatic carbocycles. The highest BCUT2D eigenvalue weighted by atomic mass is 32.2. The van der Waals surface area contributed by atoms with E-state index in [1.807, 2.05) is 35.8 Å². The Bertz CT molecular complexity index is 1090. The molecule has 4 rings (SSSR count). The van der Waals surface area contributed by atoms with Crippen LogP contribution in [0.3, 0.4) is 0 Å². The molecule has 0 bridgehead atoms. The first kappa shape index (κ1) is 24.0. The number of benzene rings is 2. The number of nitrogens with one attached hydrogen (secondary N) is 1. The maximum absolute atomic E-state index is 12.5. The minimum absolute atomic E-state index is 0.0761. The summed E-state index contributed by atoms with van der Waals surface area (Å²) >= 11 is 1.30. The first-order valence-electron chi connectivity index (χ1n) is 10.8. The van der Waals surface area contributed by atoms with Crippen molar-refractivity contribution in [2.75, 3.05) is 37.0 Å². The van der Waals surface area contributed by atoms with E-state index in [9.17, 15) is 13.6 Å². The zero-order chi connectivity index (χ0) is 23.9. The molecule has 8 nitrogen and oxygen atoms in total. The number of thioether (sulfide) groups is 1. The fourth-order valence-electron chi connectivity index (χ4n) is 3.41. The first-order valence-corrected chi connectivity index (χ1v) is 11.8. The summed E-state index contributed by atoms with van der Waals surface area (Å²) in [5, 5.41) is 12.2. The number of aryl methyl sites for hydroxylation is 1. The number of morpholine rings is 1. The van der Waals surface area contributed by atoms with Crippen LogP contribution in [0.5, 0.6) is 5.75 Å². The molecule has 180 valence electrons. The van der Waals surface area contributed by atoms with Crippen LogP contribution in [-0.2, 0) is 16.1 Å². The number of carbonyl (C=O) groups is 1. The van der Waals surface area contributed by atoms with Crippen LogP contribution in [0.25, 0.3) is 5.69 Å². The highest BCUT2D eigenvalue weighted by Crippen LogP contribution is 2.27. The lowest BCUT2D eigenvalue weighted by atomic mass is 10.2. The third-order valence-electron chi connectivity index (χ3n) is 5.17. The second kappa shape index (κ2) is 11.3. The maximum atomic E-state index is 12.5. The highest BCUT2D eigenvalue weighted by molar-refractivity contribution is 7.99. The monoisotopic (exact) mass is 489 g/mol. The lowest BCUT2D eigenvalue weighted by Crippen LogP contribution is -2.37. The van der Waals surface area contributed by atoms with Crippen LogP contribution >= 0.6 is 11.8 Å². The summed E-state index contributed by atoms with van der Waals surface area (Å²) in [6.45, 7) is 2.12. The van der Waals surface area contributed by atoms with Gasteiger partial charge >= 0.3 is 6.61 Å². The smallest absolute Gasteiger partial charge is 0.387 e. The van der Waals surface area contributed by atoms with E-state index in [0.29, 0.717) is 18.4 Å². The van der Waals surface area contributed by atoms with E-state index >= 15 is 0 Å². The van der Waals surface area contributed by atoms with Crippen LogP contribution in [0.15, 0.2) is 53.7 Å². The summed E-state index contributed by atoms with van der Waals surface area (Å²) in [5.74, 6) is 0.775. The molecular weight excluding hydrogens is 464 g/mol. The zero-order valence-electron chi connectivity index (χ0n) is 18.6. The fraction of sp³-hybridized carbons (Fsp3) is 0.348. The SMILES string of the molecule is Cc1ccc(-n2c(SCC(=O)NCc3ccc(OC(F)F)cc3)nnc2N2CCOCC2)cc1. The Morgan fingerprint density at radius 3 is 2.50 bits per heavy atom. The van der Waals surface area contributed by atoms with Gasteiger partial charge in [-0.25, -0.2) is 0 Å². The fourth-order valence-corrected chi connectivity index (χ4v) is 4.19. The molecule has 1 N–H and O–H groups in total. The number of aromatic nitrogens is 3. The van der Waals surface area contributed by atoms with Gasteiger partial charge in [-0.05, 0) is 36.8 Å². The number of anilines is 1. The molecule has 1 saturated heterocycles. The van der Waals surface area contributed by atoms with Crippen LogP contribution in [-0.4, -0.2) is 59.3 Å². The van der Waals surface area contributed by atoms with Crippen molar-refractivity contribution in [3.63, 3.8) is 0 Å². The van der Waals surface area contributed by atoms with Crippen LogP contribution < -0.4 is 15.0 Å². The van der Waals surface area contributed by atoms with E-state index in [2.05, 4.69) is 25.2 Å². The number of carbonyl (C=O) groups excluding carboxylic acids is 1. The number of rotatable bonds is 9. The van der Waals surface area contributed by atoms with Gasteiger partial charge in [0.15, 0.2) is 5.16 Å². The van der Waals surface area contributed by atoms with Gasteiger partial charge in [-0.3, -0.25) is 9.36 Å². The molecule has 1 aliphatic rings. The average molecular weight is 490 g/mol. The van der Waals surface area contributed by atoms with Crippen LogP contribution in [0.4, 0.5) is 14.7 Å². The molecule has 1 fully saturated rings. The molecule has 0 unspecified atom stereocenters. The van der Waals surface area contributed by atoms with Crippen molar-refractivity contribution in [2.24, 2.45) is 0 Å². The van der Waals surface area contributed by atoms with Crippen LogP contribution in [0.2, 0.25) is 0 Å². The van der Waals surface area contributed by atoms with Crippen molar-refractivity contribution in [1.82, 2.24) is 20.1 Å². The summed E-state index contributed by atoms with van der Waals surface area (Å²) in [6, 6.07) is 14.2. The standard InChI is InChI=1S/C23H25F2N5O3S/c1-16-2-6-18(7-3-16)30-22(29-10-12-32-13-11-29)27-28-23(30)34-15-20(31)26-14-17-4-8-19(9-5-17)33-21(24)25/h2-9,21H,10-15H2,1H3,(H,26,31). The topological polar surface area (TPSA) is 81.5 Å². The third kappa shape index (κ3) is 6.23. The van der Waals surface area contributed by atoms with Gasteiger partial charge in [0, 0.05) is 19.6 Å². The lowest BCUT2D eigenvalue weighted by molar-refractivity contribution is -0.118. The van der Waals surface area contributed by atoms with Crippen molar-refractivity contribution >= 4 is 23.6 Å². The summed E-state index contributed by atoms with van der Waals surface area (Å²) in [7, 11) is 0. The van der Waals surface area contributed by atoms with Crippen molar-refractivity contribution in [3.8, 4) is 11.4 Å². The molecule has 0 atom stereocenters. The molecule has 2 aromatic carbocycles. The summed E-state index contributed by atoms with van der Waals surface area (Å²) in [4.78, 5) is 14.6. The lowest BCUT2D eigenvalue weighted by Gasteiger charge is -2.27. The quantitative estimate of drug-likeness (QED) is 0.461. The van der Waals surface area contributed by atoms with E-state index in [0.717, 1.165) is 35.9 Å². The van der Waals surface area contributed by atoms with Gasteiger partial charge in [0.1, 0.15) is 5.75 Å². The predicted octanol–water partition coefficient (Wildman–Crippen LogP) is 3.42. The Morgan fingerprint density at radius 2 is 1.82 bits per heavy atom. The molecule has 1 amide bonds. The zero-order valence-corrected chi connectivity index (χ0v) is 19.4. The van der Waals surface area contributed by atoms with Gasteiger partial charge in [0.2, 0.25) is 11.9 Å². The number of hydrogen-bond acceptors (Lipinski definition) is 7.